The quantitative estimate of drug-likeness (QED) is 0.304. The second kappa shape index (κ2) is 9.06. The summed E-state index contributed by atoms with van der Waals surface area (Å²) in [5.74, 6) is -0.571. The number of nitrogen functional groups attached to an aromatic ring is 1. The molecule has 7 nitrogen and oxygen atoms in total. The van der Waals surface area contributed by atoms with Gasteiger partial charge in [0.05, 0.1) is 17.1 Å². The maximum Gasteiger partial charge on any atom is 0.419 e. The third-order valence-electron chi connectivity index (χ3n) is 3.41. The third-order valence-corrected chi connectivity index (χ3v) is 3.41. The highest BCUT2D eigenvalue weighted by Crippen LogP contribution is 2.32. The van der Waals surface area contributed by atoms with Crippen LogP contribution < -0.4 is 11.1 Å². The molecule has 0 fully saturated rings. The molecule has 1 rings (SSSR count). The van der Waals surface area contributed by atoms with Gasteiger partial charge < -0.3 is 15.8 Å². The Morgan fingerprint density at radius 3 is 2.48 bits per heavy atom. The predicted octanol–water partition coefficient (Wildman–Crippen LogP) is 4.71. The number of nitrogens with zero attached hydrogens (tertiary/aromatic N) is 2. The van der Waals surface area contributed by atoms with Crippen LogP contribution in [0.5, 0.6) is 0 Å². The number of rotatable bonds is 7. The maximum atomic E-state index is 13.3. The van der Waals surface area contributed by atoms with Crippen molar-refractivity contribution in [2.75, 3.05) is 17.7 Å². The van der Waals surface area contributed by atoms with Crippen LogP contribution >= 0.6 is 0 Å². The average Bonchev–Trinajstić information content (AvgIpc) is 2.52. The number of anilines is 2. The van der Waals surface area contributed by atoms with Crippen molar-refractivity contribution in [3.05, 3.63) is 57.1 Å². The molecular weight excluding hydrogens is 365 g/mol. The number of ether oxygens (including phenoxy) is 1. The summed E-state index contributed by atoms with van der Waals surface area (Å²) >= 11 is 0. The third kappa shape index (κ3) is 6.01. The van der Waals surface area contributed by atoms with Crippen molar-refractivity contribution in [2.24, 2.45) is 0 Å². The summed E-state index contributed by atoms with van der Waals surface area (Å²) in [6.07, 6.45) is -1.31. The Bertz CT molecular complexity index is 795. The van der Waals surface area contributed by atoms with Crippen molar-refractivity contribution in [1.82, 2.24) is 4.98 Å². The Labute approximate surface area is 154 Å². The van der Waals surface area contributed by atoms with Crippen molar-refractivity contribution >= 4 is 17.2 Å². The Morgan fingerprint density at radius 2 is 2.00 bits per heavy atom. The summed E-state index contributed by atoms with van der Waals surface area (Å²) in [4.78, 5) is 14.1. The lowest BCUT2D eigenvalue weighted by Gasteiger charge is -2.14. The van der Waals surface area contributed by atoms with E-state index >= 15 is 0 Å². The highest BCUT2D eigenvalue weighted by Gasteiger charge is 2.34. The number of allylic oxidation sites excluding steroid dienone is 5. The molecule has 3 N–H and O–H groups in total. The summed E-state index contributed by atoms with van der Waals surface area (Å²) < 4.78 is 44.7. The number of alkyl halides is 3. The number of hydrogen-bond donors (Lipinski definition) is 2. The van der Waals surface area contributed by atoms with Gasteiger partial charge >= 0.3 is 11.9 Å². The fourth-order valence-corrected chi connectivity index (χ4v) is 2.11. The Hall–Kier alpha value is -3.04. The molecule has 0 spiro atoms. The summed E-state index contributed by atoms with van der Waals surface area (Å²) in [6.45, 7) is 6.19. The van der Waals surface area contributed by atoms with Gasteiger partial charge in [-0.15, -0.1) is 0 Å². The zero-order chi connectivity index (χ0) is 20.8. The van der Waals surface area contributed by atoms with Crippen LogP contribution in [0.3, 0.4) is 0 Å². The van der Waals surface area contributed by atoms with Gasteiger partial charge in [0.15, 0.2) is 0 Å². The standard InChI is InChI=1S/C17H21F3N4O3/c1-5-27-11(4)12(17(18,19)20)6-7-13(10(2)3)23-14-8-9-22-16(21)15(14)24(25)26/h6-9H,5H2,1-4H3,(H3,21,22,23)/b7-6-,12-11-. The largest absolute Gasteiger partial charge is 0.498 e. The first-order valence-corrected chi connectivity index (χ1v) is 7.91. The van der Waals surface area contributed by atoms with E-state index in [9.17, 15) is 23.3 Å². The molecule has 27 heavy (non-hydrogen) atoms. The second-order valence-electron chi connectivity index (χ2n) is 5.62. The van der Waals surface area contributed by atoms with Gasteiger partial charge in [-0.1, -0.05) is 5.57 Å². The van der Waals surface area contributed by atoms with Crippen molar-refractivity contribution < 1.29 is 22.8 Å². The molecule has 0 aliphatic carbocycles. The van der Waals surface area contributed by atoms with Gasteiger partial charge in [0.2, 0.25) is 5.82 Å². The van der Waals surface area contributed by atoms with Gasteiger partial charge in [-0.2, -0.15) is 13.2 Å². The zero-order valence-electron chi connectivity index (χ0n) is 15.3. The van der Waals surface area contributed by atoms with Crippen molar-refractivity contribution in [3.8, 4) is 0 Å². The molecule has 1 heterocycles. The molecule has 148 valence electrons. The second-order valence-corrected chi connectivity index (χ2v) is 5.62. The summed E-state index contributed by atoms with van der Waals surface area (Å²) in [5, 5.41) is 13.9. The minimum atomic E-state index is -4.62. The molecule has 0 aliphatic rings. The molecule has 0 aromatic carbocycles. The van der Waals surface area contributed by atoms with Gasteiger partial charge in [0.1, 0.15) is 11.4 Å². The first kappa shape index (κ1) is 22.0. The van der Waals surface area contributed by atoms with E-state index in [0.29, 0.717) is 5.57 Å². The molecule has 10 heteroatoms. The first-order valence-electron chi connectivity index (χ1n) is 7.91. The molecular formula is C17H21F3N4O3. The fourth-order valence-electron chi connectivity index (χ4n) is 2.11. The Balaban J connectivity index is 3.32. The number of halogens is 3. The normalized spacial score (nSPS) is 12.6. The lowest BCUT2D eigenvalue weighted by atomic mass is 10.1. The fraction of sp³-hybridized carbons (Fsp3) is 0.353. The van der Waals surface area contributed by atoms with E-state index in [1.54, 1.807) is 20.8 Å². The molecule has 0 radical (unpaired) electrons. The summed E-state index contributed by atoms with van der Waals surface area (Å²) in [5.41, 5.74) is 4.99. The summed E-state index contributed by atoms with van der Waals surface area (Å²) in [7, 11) is 0. The minimum Gasteiger partial charge on any atom is -0.498 e. The van der Waals surface area contributed by atoms with Crippen LogP contribution in [-0.2, 0) is 4.74 Å². The van der Waals surface area contributed by atoms with E-state index in [-0.39, 0.29) is 29.6 Å². The molecule has 0 saturated heterocycles. The van der Waals surface area contributed by atoms with E-state index in [1.165, 1.54) is 25.3 Å². The molecule has 0 atom stereocenters. The lowest BCUT2D eigenvalue weighted by Crippen LogP contribution is -2.13. The van der Waals surface area contributed by atoms with Crippen LogP contribution in [0.4, 0.5) is 30.4 Å². The van der Waals surface area contributed by atoms with Gasteiger partial charge in [0, 0.05) is 11.9 Å². The topological polar surface area (TPSA) is 103 Å². The van der Waals surface area contributed by atoms with E-state index in [1.807, 2.05) is 0 Å². The van der Waals surface area contributed by atoms with Crippen LogP contribution in [0.1, 0.15) is 27.7 Å². The lowest BCUT2D eigenvalue weighted by molar-refractivity contribution is -0.383. The monoisotopic (exact) mass is 386 g/mol. The van der Waals surface area contributed by atoms with Crippen LogP contribution in [0, 0.1) is 10.1 Å². The average molecular weight is 386 g/mol. The van der Waals surface area contributed by atoms with Crippen LogP contribution in [-0.4, -0.2) is 22.7 Å². The highest BCUT2D eigenvalue weighted by atomic mass is 19.4. The predicted molar refractivity (Wildman–Crippen MR) is 96.8 cm³/mol. The van der Waals surface area contributed by atoms with Gasteiger partial charge in [-0.3, -0.25) is 10.1 Å². The van der Waals surface area contributed by atoms with Gasteiger partial charge in [0.25, 0.3) is 0 Å². The molecule has 0 bridgehead atoms. The van der Waals surface area contributed by atoms with E-state index in [0.717, 1.165) is 6.08 Å². The number of pyridine rings is 1. The van der Waals surface area contributed by atoms with Gasteiger partial charge in [-0.05, 0) is 45.9 Å². The van der Waals surface area contributed by atoms with Crippen molar-refractivity contribution in [1.29, 1.82) is 0 Å². The van der Waals surface area contributed by atoms with Crippen LogP contribution in [0.2, 0.25) is 0 Å². The molecule has 1 aromatic heterocycles. The number of nitro groups is 1. The molecule has 0 amide bonds. The maximum absolute atomic E-state index is 13.3. The number of aromatic nitrogens is 1. The van der Waals surface area contributed by atoms with Crippen molar-refractivity contribution in [3.63, 3.8) is 0 Å². The van der Waals surface area contributed by atoms with Gasteiger partial charge in [-0.25, -0.2) is 4.98 Å². The van der Waals surface area contributed by atoms with Crippen LogP contribution in [0.15, 0.2) is 47.0 Å². The van der Waals surface area contributed by atoms with Crippen molar-refractivity contribution in [2.45, 2.75) is 33.9 Å². The SMILES string of the molecule is CCO/C(C)=C(/C=C\C(Nc1ccnc(N)c1[N+](=O)[O-])=C(C)C)C(F)(F)F. The number of nitrogens with two attached hydrogens (primary N) is 1. The van der Waals surface area contributed by atoms with Crippen LogP contribution in [0.25, 0.3) is 0 Å². The van der Waals surface area contributed by atoms with E-state index < -0.39 is 22.4 Å². The summed E-state index contributed by atoms with van der Waals surface area (Å²) in [6, 6.07) is 1.32. The smallest absolute Gasteiger partial charge is 0.419 e. The first-order chi connectivity index (χ1) is 12.5. The minimum absolute atomic E-state index is 0.0208. The number of hydrogen-bond acceptors (Lipinski definition) is 6. The van der Waals surface area contributed by atoms with E-state index in [4.69, 9.17) is 10.5 Å². The Kier molecular flexibility index (Phi) is 7.38. The Morgan fingerprint density at radius 1 is 1.37 bits per heavy atom. The molecule has 0 saturated carbocycles. The molecule has 0 aliphatic heterocycles. The van der Waals surface area contributed by atoms with E-state index in [2.05, 4.69) is 10.3 Å². The highest BCUT2D eigenvalue weighted by molar-refractivity contribution is 5.73. The zero-order valence-corrected chi connectivity index (χ0v) is 15.3. The number of nitrogens with one attached hydrogen (secondary N) is 1. The molecule has 0 unspecified atom stereocenters. The molecule has 1 aromatic rings.